The Morgan fingerprint density at radius 3 is 2.90 bits per heavy atom. The highest BCUT2D eigenvalue weighted by Gasteiger charge is 2.20. The number of benzene rings is 1. The van der Waals surface area contributed by atoms with Crippen molar-refractivity contribution >= 4 is 39.2 Å². The summed E-state index contributed by atoms with van der Waals surface area (Å²) >= 11 is 9.13. The highest BCUT2D eigenvalue weighted by Crippen LogP contribution is 2.39. The van der Waals surface area contributed by atoms with Crippen molar-refractivity contribution in [2.45, 2.75) is 0 Å². The van der Waals surface area contributed by atoms with Gasteiger partial charge in [-0.1, -0.05) is 17.7 Å². The van der Waals surface area contributed by atoms with Crippen molar-refractivity contribution in [1.29, 1.82) is 0 Å². The molecule has 7 nitrogen and oxygen atoms in total. The molecular weight excluding hydrogens is 352 g/mol. The third-order valence-corrected chi connectivity index (χ3v) is 3.16. The molecule has 1 aromatic carbocycles. The van der Waals surface area contributed by atoms with Crippen LogP contribution >= 0.6 is 27.5 Å². The molecule has 0 aliphatic heterocycles. The molecular formula is C11H8BrClN4O3. The fourth-order valence-electron chi connectivity index (χ4n) is 1.38. The number of nitrogens with zero attached hydrogens (tertiary/aromatic N) is 3. The van der Waals surface area contributed by atoms with E-state index in [2.05, 4.69) is 31.2 Å². The SMILES string of the molecule is CNc1ncc(Cl)c(Oc2c(Br)cccc2[N+](=O)[O-])n1. The maximum atomic E-state index is 11.0. The molecule has 1 N–H and O–H groups in total. The molecule has 0 saturated heterocycles. The molecule has 0 saturated carbocycles. The Morgan fingerprint density at radius 1 is 1.50 bits per heavy atom. The van der Waals surface area contributed by atoms with Gasteiger partial charge in [-0.3, -0.25) is 10.1 Å². The number of halogens is 2. The van der Waals surface area contributed by atoms with Crippen molar-refractivity contribution in [2.24, 2.45) is 0 Å². The van der Waals surface area contributed by atoms with Crippen molar-refractivity contribution in [1.82, 2.24) is 9.97 Å². The lowest BCUT2D eigenvalue weighted by Crippen LogP contribution is -2.00. The van der Waals surface area contributed by atoms with Crippen molar-refractivity contribution in [2.75, 3.05) is 12.4 Å². The van der Waals surface area contributed by atoms with Crippen molar-refractivity contribution in [3.8, 4) is 11.6 Å². The minimum atomic E-state index is -0.547. The van der Waals surface area contributed by atoms with Gasteiger partial charge in [0.2, 0.25) is 17.6 Å². The van der Waals surface area contributed by atoms with E-state index in [0.29, 0.717) is 10.4 Å². The number of nitrogens with one attached hydrogen (secondary N) is 1. The molecule has 2 rings (SSSR count). The van der Waals surface area contributed by atoms with Gasteiger partial charge in [0.1, 0.15) is 5.02 Å². The Labute approximate surface area is 127 Å². The van der Waals surface area contributed by atoms with Gasteiger partial charge in [-0.2, -0.15) is 4.98 Å². The summed E-state index contributed by atoms with van der Waals surface area (Å²) in [7, 11) is 1.63. The molecule has 0 spiro atoms. The highest BCUT2D eigenvalue weighted by atomic mass is 79.9. The van der Waals surface area contributed by atoms with Gasteiger partial charge in [-0.05, 0) is 22.0 Å². The van der Waals surface area contributed by atoms with Gasteiger partial charge < -0.3 is 10.1 Å². The largest absolute Gasteiger partial charge is 0.429 e. The van der Waals surface area contributed by atoms with Gasteiger partial charge >= 0.3 is 5.69 Å². The number of nitro groups is 1. The molecule has 20 heavy (non-hydrogen) atoms. The minimum absolute atomic E-state index is 0.0279. The third kappa shape index (κ3) is 2.97. The van der Waals surface area contributed by atoms with Crippen molar-refractivity contribution in [3.63, 3.8) is 0 Å². The Kier molecular flexibility index (Phi) is 4.35. The summed E-state index contributed by atoms with van der Waals surface area (Å²) in [5.74, 6) is 0.347. The first-order valence-electron chi connectivity index (χ1n) is 5.34. The second-order valence-corrected chi connectivity index (χ2v) is 4.81. The normalized spacial score (nSPS) is 10.2. The average molecular weight is 360 g/mol. The zero-order chi connectivity index (χ0) is 14.7. The van der Waals surface area contributed by atoms with Crippen LogP contribution in [0.3, 0.4) is 0 Å². The number of aromatic nitrogens is 2. The lowest BCUT2D eigenvalue weighted by Gasteiger charge is -2.09. The molecule has 0 fully saturated rings. The molecule has 2 aromatic rings. The average Bonchev–Trinajstić information content (AvgIpc) is 2.43. The van der Waals surface area contributed by atoms with Crippen LogP contribution in [0.4, 0.5) is 11.6 Å². The van der Waals surface area contributed by atoms with Crippen LogP contribution in [0.1, 0.15) is 0 Å². The summed E-state index contributed by atoms with van der Waals surface area (Å²) in [6.45, 7) is 0. The number of para-hydroxylation sites is 1. The number of ether oxygens (including phenoxy) is 1. The molecule has 1 heterocycles. The number of anilines is 1. The Morgan fingerprint density at radius 2 is 2.25 bits per heavy atom. The van der Waals surface area contributed by atoms with Crippen LogP contribution in [0.2, 0.25) is 5.02 Å². The second kappa shape index (κ2) is 6.02. The predicted molar refractivity (Wildman–Crippen MR) is 77.5 cm³/mol. The Hall–Kier alpha value is -1.93. The molecule has 0 unspecified atom stereocenters. The summed E-state index contributed by atoms with van der Waals surface area (Å²) in [6.07, 6.45) is 1.35. The summed E-state index contributed by atoms with van der Waals surface area (Å²) < 4.78 is 5.89. The maximum absolute atomic E-state index is 11.0. The van der Waals surface area contributed by atoms with Crippen LogP contribution in [-0.2, 0) is 0 Å². The van der Waals surface area contributed by atoms with E-state index in [1.54, 1.807) is 13.1 Å². The van der Waals surface area contributed by atoms with Gasteiger partial charge in [0, 0.05) is 13.1 Å². The molecule has 0 radical (unpaired) electrons. The standard InChI is InChI=1S/C11H8BrClN4O3/c1-14-11-15-5-7(13)10(16-11)20-9-6(12)3-2-4-8(9)17(18)19/h2-5H,1H3,(H,14,15,16). The second-order valence-electron chi connectivity index (χ2n) is 3.54. The molecule has 104 valence electrons. The van der Waals surface area contributed by atoms with Crippen molar-refractivity contribution in [3.05, 3.63) is 44.0 Å². The first-order chi connectivity index (χ1) is 9.52. The van der Waals surface area contributed by atoms with Gasteiger partial charge in [-0.15, -0.1) is 0 Å². The molecule has 1 aromatic heterocycles. The Bertz CT molecular complexity index is 668. The molecule has 0 aliphatic carbocycles. The Balaban J connectivity index is 2.47. The van der Waals surface area contributed by atoms with Gasteiger partial charge in [0.15, 0.2) is 0 Å². The number of rotatable bonds is 4. The van der Waals surface area contributed by atoms with Crippen LogP contribution in [0.15, 0.2) is 28.9 Å². The molecule has 0 atom stereocenters. The van der Waals surface area contributed by atoms with E-state index >= 15 is 0 Å². The van der Waals surface area contributed by atoms with E-state index in [0.717, 1.165) is 0 Å². The van der Waals surface area contributed by atoms with Crippen molar-refractivity contribution < 1.29 is 9.66 Å². The van der Waals surface area contributed by atoms with E-state index in [9.17, 15) is 10.1 Å². The van der Waals surface area contributed by atoms with E-state index in [-0.39, 0.29) is 22.3 Å². The lowest BCUT2D eigenvalue weighted by molar-refractivity contribution is -0.385. The summed E-state index contributed by atoms with van der Waals surface area (Å²) in [6, 6.07) is 4.49. The smallest absolute Gasteiger partial charge is 0.312 e. The molecule has 0 aliphatic rings. The summed E-state index contributed by atoms with van der Waals surface area (Å²) in [4.78, 5) is 18.4. The number of hydrogen-bond donors (Lipinski definition) is 1. The van der Waals surface area contributed by atoms with Gasteiger partial charge in [-0.25, -0.2) is 4.98 Å². The highest BCUT2D eigenvalue weighted by molar-refractivity contribution is 9.10. The molecule has 0 amide bonds. The number of nitro benzene ring substituents is 1. The lowest BCUT2D eigenvalue weighted by atomic mass is 10.3. The monoisotopic (exact) mass is 358 g/mol. The minimum Gasteiger partial charge on any atom is -0.429 e. The van der Waals surface area contributed by atoms with Crippen LogP contribution < -0.4 is 10.1 Å². The topological polar surface area (TPSA) is 90.2 Å². The zero-order valence-corrected chi connectivity index (χ0v) is 12.5. The number of hydrogen-bond acceptors (Lipinski definition) is 6. The van der Waals surface area contributed by atoms with Gasteiger partial charge in [0.25, 0.3) is 0 Å². The fraction of sp³-hybridized carbons (Fsp3) is 0.0909. The van der Waals surface area contributed by atoms with E-state index in [1.807, 2.05) is 0 Å². The predicted octanol–water partition coefficient (Wildman–Crippen LogP) is 3.63. The third-order valence-electron chi connectivity index (χ3n) is 2.28. The van der Waals surface area contributed by atoms with E-state index in [1.165, 1.54) is 18.3 Å². The quantitative estimate of drug-likeness (QED) is 0.662. The van der Waals surface area contributed by atoms with E-state index in [4.69, 9.17) is 16.3 Å². The summed E-state index contributed by atoms with van der Waals surface area (Å²) in [5, 5.41) is 13.9. The van der Waals surface area contributed by atoms with Crippen LogP contribution in [0.5, 0.6) is 11.6 Å². The molecule has 9 heteroatoms. The summed E-state index contributed by atoms with van der Waals surface area (Å²) in [5.41, 5.74) is -0.194. The van der Waals surface area contributed by atoms with Gasteiger partial charge in [0.05, 0.1) is 15.6 Å². The maximum Gasteiger partial charge on any atom is 0.312 e. The first-order valence-corrected chi connectivity index (χ1v) is 6.51. The van der Waals surface area contributed by atoms with Crippen LogP contribution in [-0.4, -0.2) is 21.9 Å². The van der Waals surface area contributed by atoms with Crippen LogP contribution in [0.25, 0.3) is 0 Å². The fourth-order valence-corrected chi connectivity index (χ4v) is 1.95. The van der Waals surface area contributed by atoms with E-state index < -0.39 is 4.92 Å². The first kappa shape index (κ1) is 14.5. The zero-order valence-electron chi connectivity index (χ0n) is 10.1. The molecule has 0 bridgehead atoms. The van der Waals surface area contributed by atoms with Crippen LogP contribution in [0, 0.1) is 10.1 Å².